The molecule has 1 fully saturated rings. The maximum absolute atomic E-state index is 14.1. The SMILES string of the molecule is C/C1=C/C[C@@]23OC(C)(C)[C@H](Cl)C[C@]2(Cl)C(=O)c2c(cc4c(c2O)C/C(=C\CC1)CO4)C3=O. The third kappa shape index (κ3) is 2.87. The molecule has 7 heteroatoms. The van der Waals surface area contributed by atoms with Gasteiger partial charge in [0.25, 0.3) is 0 Å². The van der Waals surface area contributed by atoms with Crippen LogP contribution >= 0.6 is 23.2 Å². The average Bonchev–Trinajstić information content (AvgIpc) is 2.73. The van der Waals surface area contributed by atoms with Crippen molar-refractivity contribution in [3.05, 3.63) is 46.1 Å². The molecule has 0 saturated carbocycles. The lowest BCUT2D eigenvalue weighted by Gasteiger charge is -2.56. The van der Waals surface area contributed by atoms with Crippen molar-refractivity contribution in [3.8, 4) is 11.5 Å². The average molecular weight is 477 g/mol. The van der Waals surface area contributed by atoms with Crippen LogP contribution in [-0.2, 0) is 11.2 Å². The number of rotatable bonds is 0. The molecule has 0 aromatic heterocycles. The summed E-state index contributed by atoms with van der Waals surface area (Å²) in [6.45, 7) is 6.01. The van der Waals surface area contributed by atoms with Gasteiger partial charge < -0.3 is 14.6 Å². The fraction of sp³-hybridized carbons (Fsp3) is 0.520. The summed E-state index contributed by atoms with van der Waals surface area (Å²) in [4.78, 5) is 26.3. The first-order valence-corrected chi connectivity index (χ1v) is 11.8. The fourth-order valence-corrected chi connectivity index (χ4v) is 6.17. The molecule has 1 spiro atoms. The summed E-state index contributed by atoms with van der Waals surface area (Å²) in [6.07, 6.45) is 6.34. The van der Waals surface area contributed by atoms with Crippen LogP contribution in [-0.4, -0.2) is 44.7 Å². The molecule has 6 bridgehead atoms. The third-order valence-electron chi connectivity index (χ3n) is 7.38. The normalized spacial score (nSPS) is 36.6. The number of carbonyl (C=O) groups excluding carboxylic acids is 2. The molecule has 170 valence electrons. The van der Waals surface area contributed by atoms with Gasteiger partial charge in [0, 0.05) is 24.0 Å². The van der Waals surface area contributed by atoms with Gasteiger partial charge in [0.15, 0.2) is 17.2 Å². The molecule has 32 heavy (non-hydrogen) atoms. The van der Waals surface area contributed by atoms with E-state index in [0.717, 1.165) is 24.0 Å². The molecule has 4 aliphatic carbocycles. The number of alkyl halides is 2. The standard InChI is InChI=1S/C25H26Cl2O5/c1-13-5-4-6-14-9-15-17(31-12-14)10-16-19(20(15)28)22(30)24(27)11-18(26)23(2,3)32-25(24,8-7-13)21(16)29/h6-7,10,18,28H,4-5,8-9,11-12H2,1-3H3/b13-7-,14-6+/t18-,24+,25+/m1/s1. The molecule has 3 heterocycles. The zero-order valence-electron chi connectivity index (χ0n) is 18.4. The lowest BCUT2D eigenvalue weighted by molar-refractivity contribution is -0.157. The van der Waals surface area contributed by atoms with E-state index in [1.165, 1.54) is 0 Å². The van der Waals surface area contributed by atoms with Crippen LogP contribution in [0.15, 0.2) is 29.4 Å². The maximum atomic E-state index is 14.1. The van der Waals surface area contributed by atoms with Gasteiger partial charge in [-0.1, -0.05) is 17.7 Å². The number of allylic oxidation sites excluding steroid dienone is 2. The van der Waals surface area contributed by atoms with Crippen molar-refractivity contribution in [1.29, 1.82) is 0 Å². The maximum Gasteiger partial charge on any atom is 0.198 e. The van der Waals surface area contributed by atoms with E-state index in [4.69, 9.17) is 32.7 Å². The predicted molar refractivity (Wildman–Crippen MR) is 122 cm³/mol. The van der Waals surface area contributed by atoms with Crippen molar-refractivity contribution >= 4 is 34.8 Å². The molecule has 8 rings (SSSR count). The van der Waals surface area contributed by atoms with E-state index in [2.05, 4.69) is 6.08 Å². The first kappa shape index (κ1) is 22.0. The van der Waals surface area contributed by atoms with Gasteiger partial charge in [-0.25, -0.2) is 0 Å². The van der Waals surface area contributed by atoms with E-state index in [1.807, 2.05) is 26.8 Å². The summed E-state index contributed by atoms with van der Waals surface area (Å²) in [7, 11) is 0. The summed E-state index contributed by atoms with van der Waals surface area (Å²) in [5, 5.41) is 10.6. The Bertz CT molecular complexity index is 1120. The van der Waals surface area contributed by atoms with Gasteiger partial charge in [0.1, 0.15) is 23.0 Å². The van der Waals surface area contributed by atoms with Gasteiger partial charge in [0.2, 0.25) is 0 Å². The zero-order chi connectivity index (χ0) is 23.1. The van der Waals surface area contributed by atoms with Crippen LogP contribution in [0.4, 0.5) is 0 Å². The predicted octanol–water partition coefficient (Wildman–Crippen LogP) is 5.29. The molecular weight excluding hydrogens is 451 g/mol. The van der Waals surface area contributed by atoms with Gasteiger partial charge in [-0.3, -0.25) is 9.59 Å². The number of fused-ring (bicyclic) bond motifs is 1. The van der Waals surface area contributed by atoms with Gasteiger partial charge in [-0.15, -0.1) is 23.2 Å². The molecule has 1 N–H and O–H groups in total. The molecule has 0 unspecified atom stereocenters. The van der Waals surface area contributed by atoms with Gasteiger partial charge in [0.05, 0.1) is 16.5 Å². The van der Waals surface area contributed by atoms with Gasteiger partial charge >= 0.3 is 0 Å². The molecule has 3 atom stereocenters. The number of aromatic hydroxyl groups is 1. The van der Waals surface area contributed by atoms with Crippen molar-refractivity contribution < 1.29 is 24.2 Å². The van der Waals surface area contributed by atoms with Crippen molar-refractivity contribution in [2.45, 2.75) is 74.3 Å². The van der Waals surface area contributed by atoms with E-state index in [1.54, 1.807) is 6.07 Å². The number of benzene rings is 1. The van der Waals surface area contributed by atoms with Crippen molar-refractivity contribution in [2.24, 2.45) is 0 Å². The smallest absolute Gasteiger partial charge is 0.198 e. The second-order valence-electron chi connectivity index (χ2n) is 9.91. The monoisotopic (exact) mass is 476 g/mol. The molecule has 7 aliphatic rings. The summed E-state index contributed by atoms with van der Waals surface area (Å²) in [6, 6.07) is 1.57. The summed E-state index contributed by atoms with van der Waals surface area (Å²) >= 11 is 13.7. The Labute approximate surface area is 197 Å². The Kier molecular flexibility index (Phi) is 4.87. The second kappa shape index (κ2) is 7.09. The summed E-state index contributed by atoms with van der Waals surface area (Å²) in [5.41, 5.74) is 0.169. The van der Waals surface area contributed by atoms with E-state index < -0.39 is 33.0 Å². The highest BCUT2D eigenvalue weighted by Crippen LogP contribution is 2.57. The van der Waals surface area contributed by atoms with Crippen molar-refractivity contribution in [1.82, 2.24) is 0 Å². The minimum atomic E-state index is -1.72. The number of ether oxygens (including phenoxy) is 2. The number of hydrogen-bond acceptors (Lipinski definition) is 5. The largest absolute Gasteiger partial charge is 0.507 e. The topological polar surface area (TPSA) is 72.8 Å². The van der Waals surface area contributed by atoms with E-state index in [9.17, 15) is 14.7 Å². The quantitative estimate of drug-likeness (QED) is 0.406. The number of halogens is 2. The molecule has 5 nitrogen and oxygen atoms in total. The summed E-state index contributed by atoms with van der Waals surface area (Å²) in [5.74, 6) is -0.738. The lowest BCUT2D eigenvalue weighted by Crippen LogP contribution is -2.72. The van der Waals surface area contributed by atoms with Gasteiger partial charge in [-0.2, -0.15) is 0 Å². The lowest BCUT2D eigenvalue weighted by atomic mass is 9.63. The highest BCUT2D eigenvalue weighted by atomic mass is 35.5. The van der Waals surface area contributed by atoms with Gasteiger partial charge in [-0.05, 0) is 51.7 Å². The highest BCUT2D eigenvalue weighted by molar-refractivity contribution is 6.45. The van der Waals surface area contributed by atoms with Crippen LogP contribution in [0.2, 0.25) is 0 Å². The number of carbonyl (C=O) groups is 2. The zero-order valence-corrected chi connectivity index (χ0v) is 19.9. The van der Waals surface area contributed by atoms with E-state index in [-0.39, 0.29) is 29.7 Å². The first-order valence-electron chi connectivity index (χ1n) is 11.0. The number of phenolic OH excluding ortho intramolecular Hbond substituents is 1. The molecule has 1 saturated heterocycles. The van der Waals surface area contributed by atoms with Crippen LogP contribution in [0.25, 0.3) is 0 Å². The summed E-state index contributed by atoms with van der Waals surface area (Å²) < 4.78 is 12.3. The number of phenols is 1. The Hall–Kier alpha value is -1.82. The van der Waals surface area contributed by atoms with Crippen LogP contribution < -0.4 is 4.74 Å². The van der Waals surface area contributed by atoms with Crippen molar-refractivity contribution in [3.63, 3.8) is 0 Å². The van der Waals surface area contributed by atoms with Crippen molar-refractivity contribution in [2.75, 3.05) is 6.61 Å². The minimum absolute atomic E-state index is 0.0471. The first-order chi connectivity index (χ1) is 15.0. The molecule has 0 amide bonds. The number of Topliss-reactive ketones (excluding diaryl/α,β-unsaturated/α-hetero) is 2. The molecule has 1 aromatic carbocycles. The highest BCUT2D eigenvalue weighted by Gasteiger charge is 2.70. The second-order valence-corrected chi connectivity index (χ2v) is 11.1. The van der Waals surface area contributed by atoms with E-state index in [0.29, 0.717) is 24.3 Å². The molecular formula is C25H26Cl2O5. The molecule has 3 aliphatic heterocycles. The Morgan fingerprint density at radius 1 is 1.19 bits per heavy atom. The van der Waals surface area contributed by atoms with E-state index >= 15 is 0 Å². The van der Waals surface area contributed by atoms with Crippen LogP contribution in [0.1, 0.15) is 72.7 Å². The van der Waals surface area contributed by atoms with Crippen LogP contribution in [0.5, 0.6) is 11.5 Å². The Morgan fingerprint density at radius 3 is 2.69 bits per heavy atom. The number of ketones is 2. The number of hydrogen-bond donors (Lipinski definition) is 1. The molecule has 0 radical (unpaired) electrons. The Balaban J connectivity index is 1.83. The van der Waals surface area contributed by atoms with Crippen LogP contribution in [0, 0.1) is 0 Å². The molecule has 1 aromatic rings. The van der Waals surface area contributed by atoms with Crippen LogP contribution in [0.3, 0.4) is 0 Å². The third-order valence-corrected chi connectivity index (χ3v) is 8.69. The fourth-order valence-electron chi connectivity index (χ4n) is 5.36. The Morgan fingerprint density at radius 2 is 1.94 bits per heavy atom. The minimum Gasteiger partial charge on any atom is -0.507 e.